The smallest absolute Gasteiger partial charge is 0.370 e. The predicted molar refractivity (Wildman–Crippen MR) is 94.4 cm³/mol. The van der Waals surface area contributed by atoms with E-state index in [0.717, 1.165) is 32.0 Å². The van der Waals surface area contributed by atoms with Crippen molar-refractivity contribution in [3.63, 3.8) is 0 Å². The van der Waals surface area contributed by atoms with E-state index >= 15 is 0 Å². The van der Waals surface area contributed by atoms with Gasteiger partial charge in [-0.05, 0) is 51.7 Å². The van der Waals surface area contributed by atoms with Gasteiger partial charge in [0.05, 0.1) is 0 Å². The summed E-state index contributed by atoms with van der Waals surface area (Å²) in [4.78, 5) is 2.60. The molecule has 0 N–H and O–H groups in total. The Kier molecular flexibility index (Phi) is 8.57. The van der Waals surface area contributed by atoms with Gasteiger partial charge in [-0.3, -0.25) is 0 Å². The first-order chi connectivity index (χ1) is 10.5. The molecule has 2 atom stereocenters. The highest BCUT2D eigenvalue weighted by molar-refractivity contribution is 6.70. The number of hydrogen-bond donors (Lipinski definition) is 0. The van der Waals surface area contributed by atoms with Crippen LogP contribution in [0, 0.1) is 0 Å². The van der Waals surface area contributed by atoms with Crippen LogP contribution in [0.1, 0.15) is 59.3 Å². The summed E-state index contributed by atoms with van der Waals surface area (Å²) < 4.78 is 18.2. The molecule has 5 heteroatoms. The fraction of sp³-hybridized carbons (Fsp3) is 1.00. The van der Waals surface area contributed by atoms with Crippen LogP contribution in [0.15, 0.2) is 0 Å². The van der Waals surface area contributed by atoms with Crippen LogP contribution in [-0.2, 0) is 13.6 Å². The van der Waals surface area contributed by atoms with Crippen LogP contribution in [0.5, 0.6) is 0 Å². The molecule has 22 heavy (non-hydrogen) atoms. The van der Waals surface area contributed by atoms with Gasteiger partial charge in [-0.2, -0.15) is 0 Å². The lowest BCUT2D eigenvalue weighted by atomic mass is 10.0. The fourth-order valence-electron chi connectivity index (χ4n) is 4.18. The van der Waals surface area contributed by atoms with Crippen LogP contribution in [0.25, 0.3) is 0 Å². The Morgan fingerprint density at radius 3 is 2.09 bits per heavy atom. The zero-order valence-corrected chi connectivity index (χ0v) is 16.6. The predicted octanol–water partition coefficient (Wildman–Crippen LogP) is 3.73. The van der Waals surface area contributed by atoms with Crippen LogP contribution in [0.4, 0.5) is 0 Å². The Morgan fingerprint density at radius 1 is 1.05 bits per heavy atom. The van der Waals surface area contributed by atoms with Crippen molar-refractivity contribution < 1.29 is 13.6 Å². The third-order valence-corrected chi connectivity index (χ3v) is 9.73. The summed E-state index contributed by atoms with van der Waals surface area (Å²) in [7, 11) is 3.16. The summed E-state index contributed by atoms with van der Waals surface area (Å²) >= 11 is 0. The van der Waals surface area contributed by atoms with E-state index in [9.17, 15) is 0 Å². The number of methoxy groups -OCH3 is 1. The maximum Gasteiger partial charge on any atom is 0.370 e. The Bertz CT molecular complexity index is 306. The first-order valence-electron chi connectivity index (χ1n) is 8.94. The molecule has 0 aromatic rings. The van der Waals surface area contributed by atoms with E-state index in [1.807, 2.05) is 21.3 Å². The Balaban J connectivity index is 2.95. The summed E-state index contributed by atoms with van der Waals surface area (Å²) in [6.07, 6.45) is 6.87. The molecule has 0 aliphatic carbocycles. The van der Waals surface area contributed by atoms with Crippen LogP contribution >= 0.6 is 0 Å². The molecule has 1 saturated heterocycles. The van der Waals surface area contributed by atoms with Crippen molar-refractivity contribution in [3.8, 4) is 0 Å². The molecule has 0 amide bonds. The Morgan fingerprint density at radius 2 is 1.64 bits per heavy atom. The maximum absolute atomic E-state index is 6.14. The Hall–Kier alpha value is 0.0569. The van der Waals surface area contributed by atoms with E-state index < -0.39 is 8.56 Å². The number of rotatable bonds is 10. The molecular weight excluding hydrogens is 294 g/mol. The zero-order chi connectivity index (χ0) is 16.6. The minimum Gasteiger partial charge on any atom is -0.396 e. The summed E-state index contributed by atoms with van der Waals surface area (Å²) in [5.41, 5.74) is 0. The number of nitrogens with zero attached hydrogens (tertiary/aromatic N) is 1. The summed E-state index contributed by atoms with van der Waals surface area (Å²) in [6, 6.07) is 1.54. The molecule has 0 bridgehead atoms. The average Bonchev–Trinajstić information content (AvgIpc) is 2.55. The molecule has 132 valence electrons. The van der Waals surface area contributed by atoms with Crippen molar-refractivity contribution in [1.29, 1.82) is 0 Å². The van der Waals surface area contributed by atoms with Crippen molar-refractivity contribution in [2.24, 2.45) is 0 Å². The number of hydrogen-bond acceptors (Lipinski definition) is 4. The molecule has 4 nitrogen and oxygen atoms in total. The van der Waals surface area contributed by atoms with Gasteiger partial charge < -0.3 is 18.5 Å². The third kappa shape index (κ3) is 4.12. The second-order valence-corrected chi connectivity index (χ2v) is 10.4. The quantitative estimate of drug-likeness (QED) is 0.571. The molecule has 0 aromatic heterocycles. The van der Waals surface area contributed by atoms with Crippen LogP contribution in [0.2, 0.25) is 6.04 Å². The SMILES string of the molecule is CCCN(CCC)C(C)CC1(OC)CCCC[Si]1(OC)OC. The lowest BCUT2D eigenvalue weighted by Crippen LogP contribution is -2.66. The fourth-order valence-corrected chi connectivity index (χ4v) is 8.14. The van der Waals surface area contributed by atoms with Gasteiger partial charge in [0.15, 0.2) is 0 Å². The van der Waals surface area contributed by atoms with Gasteiger partial charge >= 0.3 is 8.56 Å². The molecule has 0 saturated carbocycles. The molecule has 0 spiro atoms. The molecule has 0 radical (unpaired) electrons. The van der Waals surface area contributed by atoms with Gasteiger partial charge in [-0.1, -0.05) is 26.7 Å². The van der Waals surface area contributed by atoms with Crippen molar-refractivity contribution in [3.05, 3.63) is 0 Å². The standard InChI is InChI=1S/C17H37NO3Si/c1-7-12-18(13-8-2)16(3)15-17(19-4)11-9-10-14-22(17,20-5)21-6/h16H,7-15H2,1-6H3. The molecule has 1 rings (SSSR count). The summed E-state index contributed by atoms with van der Waals surface area (Å²) in [5, 5.41) is -0.214. The van der Waals surface area contributed by atoms with Gasteiger partial charge in [0.1, 0.15) is 5.22 Å². The third-order valence-electron chi connectivity index (χ3n) is 5.35. The molecule has 1 fully saturated rings. The van der Waals surface area contributed by atoms with E-state index in [1.165, 1.54) is 25.7 Å². The molecule has 0 aromatic carbocycles. The van der Waals surface area contributed by atoms with Crippen LogP contribution in [-0.4, -0.2) is 59.1 Å². The Labute approximate surface area is 138 Å². The van der Waals surface area contributed by atoms with Crippen LogP contribution < -0.4 is 0 Å². The molecule has 2 unspecified atom stereocenters. The maximum atomic E-state index is 6.14. The summed E-state index contributed by atoms with van der Waals surface area (Å²) in [6.45, 7) is 9.16. The first kappa shape index (κ1) is 20.1. The lowest BCUT2D eigenvalue weighted by molar-refractivity contribution is -0.0303. The van der Waals surface area contributed by atoms with Gasteiger partial charge in [-0.25, -0.2) is 0 Å². The normalized spacial score (nSPS) is 26.3. The highest BCUT2D eigenvalue weighted by Gasteiger charge is 2.59. The molecule has 1 heterocycles. The van der Waals surface area contributed by atoms with Crippen LogP contribution in [0.3, 0.4) is 0 Å². The van der Waals surface area contributed by atoms with E-state index in [0.29, 0.717) is 6.04 Å². The second-order valence-electron chi connectivity index (χ2n) is 6.66. The zero-order valence-electron chi connectivity index (χ0n) is 15.6. The highest BCUT2D eigenvalue weighted by Crippen LogP contribution is 2.43. The summed E-state index contributed by atoms with van der Waals surface area (Å²) in [5.74, 6) is 0. The monoisotopic (exact) mass is 331 g/mol. The number of ether oxygens (including phenoxy) is 1. The van der Waals surface area contributed by atoms with E-state index in [1.54, 1.807) is 0 Å². The van der Waals surface area contributed by atoms with E-state index in [-0.39, 0.29) is 5.22 Å². The first-order valence-corrected chi connectivity index (χ1v) is 11.0. The van der Waals surface area contributed by atoms with Crippen molar-refractivity contribution in [1.82, 2.24) is 4.90 Å². The van der Waals surface area contributed by atoms with Gasteiger partial charge in [-0.15, -0.1) is 0 Å². The minimum atomic E-state index is -2.31. The molecular formula is C17H37NO3Si. The average molecular weight is 332 g/mol. The van der Waals surface area contributed by atoms with Crippen molar-refractivity contribution in [2.75, 3.05) is 34.4 Å². The van der Waals surface area contributed by atoms with Gasteiger partial charge in [0, 0.05) is 27.4 Å². The van der Waals surface area contributed by atoms with Gasteiger partial charge in [0.25, 0.3) is 0 Å². The topological polar surface area (TPSA) is 30.9 Å². The highest BCUT2D eigenvalue weighted by atomic mass is 28.4. The van der Waals surface area contributed by atoms with Gasteiger partial charge in [0.2, 0.25) is 0 Å². The molecule has 1 aliphatic rings. The van der Waals surface area contributed by atoms with Crippen molar-refractivity contribution in [2.45, 2.75) is 76.6 Å². The minimum absolute atomic E-state index is 0.214. The van der Waals surface area contributed by atoms with Crippen molar-refractivity contribution >= 4 is 8.56 Å². The lowest BCUT2D eigenvalue weighted by Gasteiger charge is -2.49. The largest absolute Gasteiger partial charge is 0.396 e. The van der Waals surface area contributed by atoms with E-state index in [2.05, 4.69) is 25.7 Å². The molecule has 1 aliphatic heterocycles. The second kappa shape index (κ2) is 9.38. The van der Waals surface area contributed by atoms with E-state index in [4.69, 9.17) is 13.6 Å².